The fraction of sp³-hybridized carbons (Fsp3) is 0.125. The zero-order valence-electron chi connectivity index (χ0n) is 7.47. The van der Waals surface area contributed by atoms with Crippen LogP contribution in [0.15, 0.2) is 17.0 Å². The Balaban J connectivity index is 3.64. The zero-order valence-corrected chi connectivity index (χ0v) is 9.05. The molecular weight excluding hydrogens is 242 g/mol. The SMILES string of the molecule is NS(=O)(=O)c1cc(Cl)cc(CO)c1C=O. The van der Waals surface area contributed by atoms with Crippen LogP contribution in [0.2, 0.25) is 5.02 Å². The molecule has 0 bridgehead atoms. The molecule has 0 saturated carbocycles. The monoisotopic (exact) mass is 249 g/mol. The maximum absolute atomic E-state index is 11.1. The van der Waals surface area contributed by atoms with Crippen LogP contribution in [0.5, 0.6) is 0 Å². The van der Waals surface area contributed by atoms with E-state index in [1.807, 2.05) is 0 Å². The molecule has 0 saturated heterocycles. The van der Waals surface area contributed by atoms with Gasteiger partial charge < -0.3 is 5.11 Å². The summed E-state index contributed by atoms with van der Waals surface area (Å²) >= 11 is 5.62. The molecule has 0 radical (unpaired) electrons. The molecule has 1 aromatic rings. The minimum absolute atomic E-state index is 0.0914. The number of primary sulfonamides is 1. The lowest BCUT2D eigenvalue weighted by atomic mass is 10.1. The molecule has 0 atom stereocenters. The highest BCUT2D eigenvalue weighted by molar-refractivity contribution is 7.89. The third-order valence-electron chi connectivity index (χ3n) is 1.79. The van der Waals surface area contributed by atoms with Crippen LogP contribution in [0.3, 0.4) is 0 Å². The first-order valence-electron chi connectivity index (χ1n) is 3.81. The summed E-state index contributed by atoms with van der Waals surface area (Å²) < 4.78 is 22.2. The molecule has 7 heteroatoms. The number of aliphatic hydroxyl groups is 1. The average molecular weight is 250 g/mol. The van der Waals surface area contributed by atoms with E-state index in [-0.39, 0.29) is 21.0 Å². The number of rotatable bonds is 3. The van der Waals surface area contributed by atoms with Crippen molar-refractivity contribution in [3.05, 3.63) is 28.3 Å². The minimum atomic E-state index is -4.03. The van der Waals surface area contributed by atoms with Crippen LogP contribution in [0, 0.1) is 0 Å². The zero-order chi connectivity index (χ0) is 11.6. The molecule has 1 aromatic carbocycles. The van der Waals surface area contributed by atoms with Gasteiger partial charge in [-0.3, -0.25) is 4.79 Å². The summed E-state index contributed by atoms with van der Waals surface area (Å²) in [5.41, 5.74) is -0.0362. The van der Waals surface area contributed by atoms with E-state index in [0.717, 1.165) is 6.07 Å². The molecule has 0 aliphatic carbocycles. The third-order valence-corrected chi connectivity index (χ3v) is 2.96. The van der Waals surface area contributed by atoms with E-state index in [0.29, 0.717) is 6.29 Å². The number of benzene rings is 1. The van der Waals surface area contributed by atoms with Crippen molar-refractivity contribution in [1.82, 2.24) is 0 Å². The quantitative estimate of drug-likeness (QED) is 0.753. The Labute approximate surface area is 91.5 Å². The van der Waals surface area contributed by atoms with Crippen molar-refractivity contribution in [3.8, 4) is 0 Å². The highest BCUT2D eigenvalue weighted by Crippen LogP contribution is 2.23. The summed E-state index contributed by atoms with van der Waals surface area (Å²) in [6, 6.07) is 2.37. The van der Waals surface area contributed by atoms with Crippen LogP contribution >= 0.6 is 11.6 Å². The van der Waals surface area contributed by atoms with Crippen molar-refractivity contribution in [1.29, 1.82) is 0 Å². The van der Waals surface area contributed by atoms with Crippen LogP contribution in [0.1, 0.15) is 15.9 Å². The number of carbonyl (C=O) groups is 1. The van der Waals surface area contributed by atoms with Crippen LogP contribution in [-0.2, 0) is 16.6 Å². The van der Waals surface area contributed by atoms with Gasteiger partial charge in [-0.05, 0) is 17.7 Å². The summed E-state index contributed by atoms with van der Waals surface area (Å²) in [6.07, 6.45) is 0.321. The van der Waals surface area contributed by atoms with Gasteiger partial charge in [0.05, 0.1) is 11.5 Å². The Bertz CT molecular complexity index is 498. The average Bonchev–Trinajstić information content (AvgIpc) is 2.15. The Morgan fingerprint density at radius 1 is 1.47 bits per heavy atom. The normalized spacial score (nSPS) is 11.4. The van der Waals surface area contributed by atoms with Gasteiger partial charge in [0.2, 0.25) is 10.0 Å². The molecule has 0 aliphatic heterocycles. The second-order valence-corrected chi connectivity index (χ2v) is 4.76. The van der Waals surface area contributed by atoms with Gasteiger partial charge in [0.15, 0.2) is 6.29 Å². The number of halogens is 1. The lowest BCUT2D eigenvalue weighted by molar-refractivity contribution is 0.111. The maximum Gasteiger partial charge on any atom is 0.238 e. The number of hydrogen-bond donors (Lipinski definition) is 2. The summed E-state index contributed by atoms with van der Waals surface area (Å²) in [7, 11) is -4.03. The second-order valence-electron chi connectivity index (χ2n) is 2.80. The molecule has 0 fully saturated rings. The van der Waals surface area contributed by atoms with E-state index in [1.54, 1.807) is 0 Å². The number of aldehydes is 1. The summed E-state index contributed by atoms with van der Waals surface area (Å²) in [5.74, 6) is 0. The van der Waals surface area contributed by atoms with Gasteiger partial charge in [-0.15, -0.1) is 0 Å². The van der Waals surface area contributed by atoms with E-state index in [4.69, 9.17) is 21.8 Å². The van der Waals surface area contributed by atoms with E-state index < -0.39 is 16.6 Å². The van der Waals surface area contributed by atoms with Crippen LogP contribution < -0.4 is 5.14 Å². The van der Waals surface area contributed by atoms with Crippen molar-refractivity contribution in [2.45, 2.75) is 11.5 Å². The molecule has 0 aromatic heterocycles. The van der Waals surface area contributed by atoms with Crippen LogP contribution in [0.4, 0.5) is 0 Å². The van der Waals surface area contributed by atoms with E-state index in [9.17, 15) is 13.2 Å². The first kappa shape index (κ1) is 12.1. The molecule has 5 nitrogen and oxygen atoms in total. The number of nitrogens with two attached hydrogens (primary N) is 1. The van der Waals surface area contributed by atoms with Gasteiger partial charge in [0.1, 0.15) is 0 Å². The van der Waals surface area contributed by atoms with E-state index in [2.05, 4.69) is 0 Å². The van der Waals surface area contributed by atoms with Crippen LogP contribution in [0.25, 0.3) is 0 Å². The van der Waals surface area contributed by atoms with E-state index in [1.165, 1.54) is 6.07 Å². The first-order valence-corrected chi connectivity index (χ1v) is 5.74. The van der Waals surface area contributed by atoms with Crippen LogP contribution in [-0.4, -0.2) is 19.8 Å². The Morgan fingerprint density at radius 3 is 2.47 bits per heavy atom. The fourth-order valence-electron chi connectivity index (χ4n) is 1.15. The van der Waals surface area contributed by atoms with Gasteiger partial charge in [0, 0.05) is 10.6 Å². The lowest BCUT2D eigenvalue weighted by Gasteiger charge is -2.07. The maximum atomic E-state index is 11.1. The number of aliphatic hydroxyl groups excluding tert-OH is 1. The van der Waals surface area contributed by atoms with Crippen molar-refractivity contribution < 1.29 is 18.3 Å². The molecular formula is C8H8ClNO4S. The Morgan fingerprint density at radius 2 is 2.07 bits per heavy atom. The molecule has 1 rings (SSSR count). The predicted octanol–water partition coefficient (Wildman–Crippen LogP) is 0.292. The second kappa shape index (κ2) is 4.28. The van der Waals surface area contributed by atoms with Gasteiger partial charge >= 0.3 is 0 Å². The summed E-state index contributed by atoms with van der Waals surface area (Å²) in [5, 5.41) is 13.9. The highest BCUT2D eigenvalue weighted by atomic mass is 35.5. The van der Waals surface area contributed by atoms with Crippen molar-refractivity contribution in [2.24, 2.45) is 5.14 Å². The molecule has 0 aliphatic rings. The Hall–Kier alpha value is -0.950. The summed E-state index contributed by atoms with van der Waals surface area (Å²) in [4.78, 5) is 10.3. The third kappa shape index (κ3) is 2.54. The van der Waals surface area contributed by atoms with Gasteiger partial charge in [-0.1, -0.05) is 11.6 Å². The molecule has 0 spiro atoms. The van der Waals surface area contributed by atoms with Crippen molar-refractivity contribution in [3.63, 3.8) is 0 Å². The van der Waals surface area contributed by atoms with Gasteiger partial charge in [-0.2, -0.15) is 0 Å². The minimum Gasteiger partial charge on any atom is -0.392 e. The first-order chi connectivity index (χ1) is 6.90. The lowest BCUT2D eigenvalue weighted by Crippen LogP contribution is -2.15. The largest absolute Gasteiger partial charge is 0.392 e. The number of carbonyl (C=O) groups excluding carboxylic acids is 1. The standard InChI is InChI=1S/C8H8ClNO4S/c9-6-1-5(3-11)7(4-12)8(2-6)15(10,13)14/h1-2,4,11H,3H2,(H2,10,13,14). The molecule has 3 N–H and O–H groups in total. The predicted molar refractivity (Wildman–Crippen MR) is 54.1 cm³/mol. The number of hydrogen-bond acceptors (Lipinski definition) is 4. The topological polar surface area (TPSA) is 97.5 Å². The van der Waals surface area contributed by atoms with Crippen molar-refractivity contribution in [2.75, 3.05) is 0 Å². The Kier molecular flexibility index (Phi) is 3.46. The number of sulfonamides is 1. The van der Waals surface area contributed by atoms with E-state index >= 15 is 0 Å². The highest BCUT2D eigenvalue weighted by Gasteiger charge is 2.17. The van der Waals surface area contributed by atoms with Gasteiger partial charge in [-0.25, -0.2) is 13.6 Å². The smallest absolute Gasteiger partial charge is 0.238 e. The molecule has 0 heterocycles. The van der Waals surface area contributed by atoms with Crippen molar-refractivity contribution >= 4 is 27.9 Å². The fourth-order valence-corrected chi connectivity index (χ4v) is 2.23. The molecule has 0 unspecified atom stereocenters. The van der Waals surface area contributed by atoms with Gasteiger partial charge in [0.25, 0.3) is 0 Å². The molecule has 15 heavy (non-hydrogen) atoms. The molecule has 0 amide bonds. The molecule has 82 valence electrons. The summed E-state index contributed by atoms with van der Waals surface area (Å²) in [6.45, 7) is -0.489.